The van der Waals surface area contributed by atoms with Crippen LogP contribution >= 0.6 is 0 Å². The van der Waals surface area contributed by atoms with Crippen molar-refractivity contribution in [3.8, 4) is 0 Å². The predicted octanol–water partition coefficient (Wildman–Crippen LogP) is 2.70. The van der Waals surface area contributed by atoms with Gasteiger partial charge in [-0.05, 0) is 26.0 Å². The average Bonchev–Trinajstić information content (AvgIpc) is 2.99. The van der Waals surface area contributed by atoms with Gasteiger partial charge in [-0.3, -0.25) is 4.90 Å². The molecular weight excluding hydrogens is 321 g/mol. The molecule has 0 atom stereocenters. The third-order valence-corrected chi connectivity index (χ3v) is 4.73. The molecule has 0 saturated carbocycles. The van der Waals surface area contributed by atoms with Crippen molar-refractivity contribution in [2.24, 2.45) is 0 Å². The van der Waals surface area contributed by atoms with Crippen LogP contribution in [0, 0.1) is 19.7 Å². The van der Waals surface area contributed by atoms with E-state index in [-0.39, 0.29) is 5.82 Å². The molecule has 2 aromatic heterocycles. The van der Waals surface area contributed by atoms with Gasteiger partial charge in [0, 0.05) is 43.5 Å². The first-order chi connectivity index (χ1) is 12.1. The van der Waals surface area contributed by atoms with Crippen LogP contribution < -0.4 is 4.90 Å². The van der Waals surface area contributed by atoms with Crippen LogP contribution in [-0.4, -0.2) is 46.0 Å². The van der Waals surface area contributed by atoms with Gasteiger partial charge in [0.1, 0.15) is 23.5 Å². The Hall–Kier alpha value is -2.54. The Morgan fingerprint density at radius 2 is 1.92 bits per heavy atom. The van der Waals surface area contributed by atoms with Crippen LogP contribution in [-0.2, 0) is 6.54 Å². The minimum Gasteiger partial charge on any atom is -0.439 e. The van der Waals surface area contributed by atoms with Gasteiger partial charge in [0.05, 0.1) is 6.54 Å². The predicted molar refractivity (Wildman–Crippen MR) is 93.0 cm³/mol. The van der Waals surface area contributed by atoms with E-state index in [2.05, 4.69) is 31.7 Å². The SMILES string of the molecule is Cc1ncnc(N2CCN(Cc3nc4ccc(F)cc4o3)CC2)c1C. The van der Waals surface area contributed by atoms with Crippen LogP contribution in [0.1, 0.15) is 17.1 Å². The number of hydrogen-bond acceptors (Lipinski definition) is 6. The molecule has 3 aromatic rings. The largest absolute Gasteiger partial charge is 0.439 e. The zero-order valence-electron chi connectivity index (χ0n) is 14.4. The average molecular weight is 341 g/mol. The first kappa shape index (κ1) is 16.0. The minimum absolute atomic E-state index is 0.306. The van der Waals surface area contributed by atoms with Crippen LogP contribution in [0.5, 0.6) is 0 Å². The van der Waals surface area contributed by atoms with Crippen molar-refractivity contribution in [3.63, 3.8) is 0 Å². The molecule has 0 spiro atoms. The molecule has 130 valence electrons. The van der Waals surface area contributed by atoms with Crippen molar-refractivity contribution in [1.82, 2.24) is 19.9 Å². The second-order valence-corrected chi connectivity index (χ2v) is 6.39. The van der Waals surface area contributed by atoms with Gasteiger partial charge in [0.2, 0.25) is 5.89 Å². The maximum absolute atomic E-state index is 13.3. The lowest BCUT2D eigenvalue weighted by atomic mass is 10.2. The molecule has 1 aliphatic rings. The summed E-state index contributed by atoms with van der Waals surface area (Å²) < 4.78 is 18.9. The Morgan fingerprint density at radius 3 is 2.72 bits per heavy atom. The van der Waals surface area contributed by atoms with E-state index in [0.717, 1.165) is 43.3 Å². The minimum atomic E-state index is -0.306. The molecule has 0 bridgehead atoms. The molecule has 3 heterocycles. The van der Waals surface area contributed by atoms with Crippen LogP contribution in [0.25, 0.3) is 11.1 Å². The monoisotopic (exact) mass is 341 g/mol. The van der Waals surface area contributed by atoms with Gasteiger partial charge in [-0.1, -0.05) is 0 Å². The summed E-state index contributed by atoms with van der Waals surface area (Å²) in [6.07, 6.45) is 1.63. The zero-order valence-corrected chi connectivity index (χ0v) is 14.4. The number of oxazole rings is 1. The summed E-state index contributed by atoms with van der Waals surface area (Å²) in [6.45, 7) is 8.29. The number of fused-ring (bicyclic) bond motifs is 1. The Morgan fingerprint density at radius 1 is 1.12 bits per heavy atom. The molecule has 6 nitrogen and oxygen atoms in total. The summed E-state index contributed by atoms with van der Waals surface area (Å²) in [6, 6.07) is 4.43. The highest BCUT2D eigenvalue weighted by atomic mass is 19.1. The number of nitrogens with zero attached hydrogens (tertiary/aromatic N) is 5. The van der Waals surface area contributed by atoms with E-state index in [9.17, 15) is 4.39 Å². The fourth-order valence-electron chi connectivity index (χ4n) is 3.17. The maximum atomic E-state index is 13.3. The fraction of sp³-hybridized carbons (Fsp3) is 0.389. The van der Waals surface area contributed by atoms with Crippen LogP contribution in [0.3, 0.4) is 0 Å². The van der Waals surface area contributed by atoms with Crippen molar-refractivity contribution in [2.45, 2.75) is 20.4 Å². The van der Waals surface area contributed by atoms with Gasteiger partial charge in [-0.25, -0.2) is 19.3 Å². The highest BCUT2D eigenvalue weighted by Crippen LogP contribution is 2.21. The number of hydrogen-bond donors (Lipinski definition) is 0. The molecule has 1 fully saturated rings. The van der Waals surface area contributed by atoms with Crippen molar-refractivity contribution in [1.29, 1.82) is 0 Å². The maximum Gasteiger partial charge on any atom is 0.209 e. The molecule has 0 N–H and O–H groups in total. The number of benzene rings is 1. The van der Waals surface area contributed by atoms with Crippen molar-refractivity contribution < 1.29 is 8.81 Å². The Balaban J connectivity index is 1.42. The van der Waals surface area contributed by atoms with E-state index in [0.29, 0.717) is 23.5 Å². The molecule has 1 aliphatic heterocycles. The van der Waals surface area contributed by atoms with Crippen molar-refractivity contribution in [3.05, 3.63) is 47.5 Å². The summed E-state index contributed by atoms with van der Waals surface area (Å²) in [4.78, 5) is 17.7. The fourth-order valence-corrected chi connectivity index (χ4v) is 3.17. The number of piperazine rings is 1. The highest BCUT2D eigenvalue weighted by molar-refractivity contribution is 5.72. The molecule has 0 radical (unpaired) electrons. The van der Waals surface area contributed by atoms with Gasteiger partial charge < -0.3 is 9.32 Å². The Labute approximate surface area is 145 Å². The Kier molecular flexibility index (Phi) is 4.09. The van der Waals surface area contributed by atoms with Crippen LogP contribution in [0.2, 0.25) is 0 Å². The molecule has 1 aromatic carbocycles. The second kappa shape index (κ2) is 6.40. The number of halogens is 1. The molecular formula is C18H20FN5O. The van der Waals surface area contributed by atoms with Crippen LogP contribution in [0.4, 0.5) is 10.2 Å². The smallest absolute Gasteiger partial charge is 0.209 e. The summed E-state index contributed by atoms with van der Waals surface area (Å²) in [5.41, 5.74) is 3.35. The lowest BCUT2D eigenvalue weighted by molar-refractivity contribution is 0.228. The normalized spacial score (nSPS) is 15.9. The Bertz CT molecular complexity index is 902. The van der Waals surface area contributed by atoms with Gasteiger partial charge in [0.15, 0.2) is 5.58 Å². The van der Waals surface area contributed by atoms with Crippen molar-refractivity contribution in [2.75, 3.05) is 31.1 Å². The summed E-state index contributed by atoms with van der Waals surface area (Å²) in [5, 5.41) is 0. The summed E-state index contributed by atoms with van der Waals surface area (Å²) in [5.74, 6) is 1.34. The van der Waals surface area contributed by atoms with E-state index in [1.807, 2.05) is 6.92 Å². The standard InChI is InChI=1S/C18H20FN5O/c1-12-13(2)20-11-21-18(12)24-7-5-23(6-8-24)10-17-22-15-4-3-14(19)9-16(15)25-17/h3-4,9,11H,5-8,10H2,1-2H3. The van der Waals surface area contributed by atoms with Gasteiger partial charge in [-0.2, -0.15) is 0 Å². The zero-order chi connectivity index (χ0) is 17.4. The van der Waals surface area contributed by atoms with Gasteiger partial charge in [-0.15, -0.1) is 0 Å². The van der Waals surface area contributed by atoms with E-state index in [4.69, 9.17) is 4.42 Å². The first-order valence-electron chi connectivity index (χ1n) is 8.40. The first-order valence-corrected chi connectivity index (χ1v) is 8.40. The van der Waals surface area contributed by atoms with Crippen molar-refractivity contribution >= 4 is 16.9 Å². The third kappa shape index (κ3) is 3.19. The second-order valence-electron chi connectivity index (χ2n) is 6.39. The molecule has 4 rings (SSSR count). The van der Waals surface area contributed by atoms with Gasteiger partial charge >= 0.3 is 0 Å². The molecule has 0 unspecified atom stereocenters. The van der Waals surface area contributed by atoms with E-state index >= 15 is 0 Å². The molecule has 0 aliphatic carbocycles. The number of aromatic nitrogens is 3. The lowest BCUT2D eigenvalue weighted by Crippen LogP contribution is -2.46. The summed E-state index contributed by atoms with van der Waals surface area (Å²) >= 11 is 0. The van der Waals surface area contributed by atoms with Gasteiger partial charge in [0.25, 0.3) is 0 Å². The van der Waals surface area contributed by atoms with E-state index < -0.39 is 0 Å². The topological polar surface area (TPSA) is 58.3 Å². The quantitative estimate of drug-likeness (QED) is 0.730. The van der Waals surface area contributed by atoms with E-state index in [1.165, 1.54) is 12.1 Å². The van der Waals surface area contributed by atoms with E-state index in [1.54, 1.807) is 12.4 Å². The highest BCUT2D eigenvalue weighted by Gasteiger charge is 2.21. The molecule has 25 heavy (non-hydrogen) atoms. The number of rotatable bonds is 3. The molecule has 1 saturated heterocycles. The molecule has 0 amide bonds. The van der Waals surface area contributed by atoms with Crippen LogP contribution in [0.15, 0.2) is 28.9 Å². The summed E-state index contributed by atoms with van der Waals surface area (Å²) in [7, 11) is 0. The molecule has 7 heteroatoms. The number of anilines is 1. The lowest BCUT2D eigenvalue weighted by Gasteiger charge is -2.35. The third-order valence-electron chi connectivity index (χ3n) is 4.73. The number of aryl methyl sites for hydroxylation is 1.